The number of amides is 3. The van der Waals surface area contributed by atoms with Gasteiger partial charge in [0.2, 0.25) is 16.0 Å². The standard InChI is InChI=1S/C32H47N5O9S2/c1-30(2,3)44-26(39)23(36-48(42,43)22-15-11-10-12-16-22)20-34-25(38)24-18-17-21(47-24)14-13-19-37(29(41)46-32(7,8)9)27(33)35-28(40)45-31(4,5)6/h10-12,15-18,23,36H,13-14,19-20H2,1-9H3,(H,34,38)(H2,33,35,40)/t23-/m0/s1. The van der Waals surface area contributed by atoms with Gasteiger partial charge in [0.1, 0.15) is 22.8 Å². The molecule has 0 fully saturated rings. The van der Waals surface area contributed by atoms with E-state index in [1.54, 1.807) is 92.6 Å². The summed E-state index contributed by atoms with van der Waals surface area (Å²) < 4.78 is 44.2. The maximum Gasteiger partial charge on any atom is 0.417 e. The molecule has 0 unspecified atom stereocenters. The summed E-state index contributed by atoms with van der Waals surface area (Å²) in [5, 5.41) is 13.2. The van der Waals surface area contributed by atoms with E-state index >= 15 is 0 Å². The topological polar surface area (TPSA) is 193 Å². The highest BCUT2D eigenvalue weighted by molar-refractivity contribution is 7.89. The minimum atomic E-state index is -4.11. The van der Waals surface area contributed by atoms with Crippen molar-refractivity contribution in [3.05, 3.63) is 52.2 Å². The Labute approximate surface area is 286 Å². The second-order valence-corrected chi connectivity index (χ2v) is 16.6. The number of rotatable bonds is 11. The molecule has 0 aliphatic heterocycles. The average Bonchev–Trinajstić information content (AvgIpc) is 3.39. The molecule has 16 heteroatoms. The van der Waals surface area contributed by atoms with Crippen LogP contribution >= 0.6 is 11.3 Å². The lowest BCUT2D eigenvalue weighted by molar-refractivity contribution is -0.156. The molecule has 14 nitrogen and oxygen atoms in total. The van der Waals surface area contributed by atoms with Gasteiger partial charge < -0.3 is 19.5 Å². The predicted octanol–water partition coefficient (Wildman–Crippen LogP) is 4.80. The van der Waals surface area contributed by atoms with E-state index in [-0.39, 0.29) is 18.0 Å². The van der Waals surface area contributed by atoms with Gasteiger partial charge >= 0.3 is 18.2 Å². The summed E-state index contributed by atoms with van der Waals surface area (Å²) in [6.45, 7) is 14.6. The summed E-state index contributed by atoms with van der Waals surface area (Å²) in [5.74, 6) is -1.89. The first kappa shape index (κ1) is 40.2. The largest absolute Gasteiger partial charge is 0.459 e. The zero-order valence-electron chi connectivity index (χ0n) is 28.9. The second-order valence-electron chi connectivity index (χ2n) is 13.7. The summed E-state index contributed by atoms with van der Waals surface area (Å²) in [7, 11) is -4.11. The molecule has 1 heterocycles. The number of guanidine groups is 1. The summed E-state index contributed by atoms with van der Waals surface area (Å²) in [4.78, 5) is 53.0. The molecule has 0 aliphatic carbocycles. The molecular formula is C32H47N5O9S2. The van der Waals surface area contributed by atoms with Crippen molar-refractivity contribution in [2.45, 2.75) is 103 Å². The van der Waals surface area contributed by atoms with Gasteiger partial charge in [-0.15, -0.1) is 11.3 Å². The van der Waals surface area contributed by atoms with Crippen LogP contribution in [-0.2, 0) is 35.4 Å². The van der Waals surface area contributed by atoms with Crippen LogP contribution in [0, 0.1) is 5.41 Å². The van der Waals surface area contributed by atoms with E-state index in [0.717, 1.165) is 9.78 Å². The summed E-state index contributed by atoms with van der Waals surface area (Å²) >= 11 is 1.17. The van der Waals surface area contributed by atoms with E-state index in [1.165, 1.54) is 23.5 Å². The molecule has 2 aromatic rings. The molecule has 1 atom stereocenters. The fourth-order valence-electron chi connectivity index (χ4n) is 3.81. The maximum atomic E-state index is 13.0. The van der Waals surface area contributed by atoms with Gasteiger partial charge in [-0.1, -0.05) is 18.2 Å². The molecule has 1 aromatic carbocycles. The number of alkyl carbamates (subject to hydrolysis) is 1. The van der Waals surface area contributed by atoms with Crippen LogP contribution < -0.4 is 15.4 Å². The van der Waals surface area contributed by atoms with Gasteiger partial charge in [-0.05, 0) is 99.4 Å². The fraction of sp³-hybridized carbons (Fsp3) is 0.531. The lowest BCUT2D eigenvalue weighted by Gasteiger charge is -2.28. The van der Waals surface area contributed by atoms with Crippen LogP contribution in [0.4, 0.5) is 9.59 Å². The Kier molecular flexibility index (Phi) is 13.7. The first-order chi connectivity index (χ1) is 22.0. The van der Waals surface area contributed by atoms with E-state index in [0.29, 0.717) is 17.7 Å². The van der Waals surface area contributed by atoms with E-state index in [4.69, 9.17) is 19.6 Å². The number of esters is 1. The van der Waals surface area contributed by atoms with Gasteiger partial charge in [0.05, 0.1) is 9.77 Å². The lowest BCUT2D eigenvalue weighted by atomic mass is 10.2. The minimum Gasteiger partial charge on any atom is -0.459 e. The van der Waals surface area contributed by atoms with E-state index < -0.39 is 62.9 Å². The number of ether oxygens (including phenoxy) is 3. The molecule has 0 radical (unpaired) electrons. The molecule has 266 valence electrons. The Morgan fingerprint density at radius 3 is 2.00 bits per heavy atom. The summed E-state index contributed by atoms with van der Waals surface area (Å²) in [6.07, 6.45) is -0.954. The third-order valence-electron chi connectivity index (χ3n) is 5.70. The van der Waals surface area contributed by atoms with Crippen molar-refractivity contribution in [1.82, 2.24) is 20.3 Å². The first-order valence-corrected chi connectivity index (χ1v) is 17.5. The molecule has 48 heavy (non-hydrogen) atoms. The van der Waals surface area contributed by atoms with Gasteiger partial charge in [-0.2, -0.15) is 4.72 Å². The van der Waals surface area contributed by atoms with Crippen molar-refractivity contribution in [1.29, 1.82) is 5.41 Å². The third kappa shape index (κ3) is 14.4. The van der Waals surface area contributed by atoms with E-state index in [2.05, 4.69) is 15.4 Å². The Hall–Kier alpha value is -4.02. The summed E-state index contributed by atoms with van der Waals surface area (Å²) in [6, 6.07) is 9.43. The zero-order valence-corrected chi connectivity index (χ0v) is 30.5. The van der Waals surface area contributed by atoms with Crippen molar-refractivity contribution in [3.63, 3.8) is 0 Å². The number of aryl methyl sites for hydroxylation is 1. The lowest BCUT2D eigenvalue weighted by Crippen LogP contribution is -2.50. The first-order valence-electron chi connectivity index (χ1n) is 15.2. The van der Waals surface area contributed by atoms with Crippen molar-refractivity contribution in [2.75, 3.05) is 13.1 Å². The van der Waals surface area contributed by atoms with Crippen LogP contribution in [-0.4, -0.2) is 79.3 Å². The quantitative estimate of drug-likeness (QED) is 0.110. The SMILES string of the molecule is CC(C)(C)OC(=O)NC(=N)N(CCCc1ccc(C(=O)NC[C@H](NS(=O)(=O)c2ccccc2)C(=O)OC(C)(C)C)s1)C(=O)OC(C)(C)C. The number of nitrogens with zero attached hydrogens (tertiary/aromatic N) is 1. The van der Waals surface area contributed by atoms with Crippen LogP contribution in [0.25, 0.3) is 0 Å². The van der Waals surface area contributed by atoms with Crippen LogP contribution in [0.3, 0.4) is 0 Å². The van der Waals surface area contributed by atoms with Crippen molar-refractivity contribution >= 4 is 51.4 Å². The molecule has 0 saturated heterocycles. The molecule has 3 amide bonds. The number of thiophene rings is 1. The molecule has 0 aliphatic rings. The minimum absolute atomic E-state index is 0.0160. The van der Waals surface area contributed by atoms with Crippen molar-refractivity contribution in [3.8, 4) is 0 Å². The average molecular weight is 710 g/mol. The van der Waals surface area contributed by atoms with Gasteiger partial charge in [0, 0.05) is 18.0 Å². The monoisotopic (exact) mass is 709 g/mol. The highest BCUT2D eigenvalue weighted by Crippen LogP contribution is 2.19. The Morgan fingerprint density at radius 2 is 1.44 bits per heavy atom. The third-order valence-corrected chi connectivity index (χ3v) is 8.33. The zero-order chi connectivity index (χ0) is 36.5. The van der Waals surface area contributed by atoms with Crippen molar-refractivity contribution in [2.24, 2.45) is 0 Å². The molecule has 0 bridgehead atoms. The van der Waals surface area contributed by atoms with Crippen LogP contribution in [0.15, 0.2) is 47.4 Å². The second kappa shape index (κ2) is 16.4. The maximum absolute atomic E-state index is 13.0. The summed E-state index contributed by atoms with van der Waals surface area (Å²) in [5.41, 5.74) is -2.55. The Balaban J connectivity index is 2.08. The number of benzene rings is 1. The Bertz CT molecular complexity index is 1550. The molecule has 4 N–H and O–H groups in total. The number of hydrogen-bond acceptors (Lipinski definition) is 11. The molecule has 0 saturated carbocycles. The number of hydrogen-bond donors (Lipinski definition) is 4. The van der Waals surface area contributed by atoms with Gasteiger partial charge in [-0.3, -0.25) is 20.3 Å². The molecule has 1 aromatic heterocycles. The van der Waals surface area contributed by atoms with Crippen LogP contribution in [0.1, 0.15) is 83.3 Å². The van der Waals surface area contributed by atoms with E-state index in [9.17, 15) is 27.6 Å². The van der Waals surface area contributed by atoms with Gasteiger partial charge in [0.15, 0.2) is 0 Å². The smallest absolute Gasteiger partial charge is 0.417 e. The highest BCUT2D eigenvalue weighted by atomic mass is 32.2. The van der Waals surface area contributed by atoms with Crippen LogP contribution in [0.2, 0.25) is 0 Å². The fourth-order valence-corrected chi connectivity index (χ4v) is 5.98. The van der Waals surface area contributed by atoms with Gasteiger partial charge in [-0.25, -0.2) is 22.9 Å². The number of carbonyl (C=O) groups is 4. The highest BCUT2D eigenvalue weighted by Gasteiger charge is 2.31. The van der Waals surface area contributed by atoms with Crippen LogP contribution in [0.5, 0.6) is 0 Å². The van der Waals surface area contributed by atoms with Gasteiger partial charge in [0.25, 0.3) is 5.91 Å². The number of carbonyl (C=O) groups excluding carboxylic acids is 4. The normalized spacial score (nSPS) is 12.8. The number of nitrogens with one attached hydrogen (secondary N) is 4. The van der Waals surface area contributed by atoms with Crippen molar-refractivity contribution < 1.29 is 41.8 Å². The molecule has 2 rings (SSSR count). The molecular weight excluding hydrogens is 663 g/mol. The Morgan fingerprint density at radius 1 is 0.854 bits per heavy atom. The number of sulfonamides is 1. The predicted molar refractivity (Wildman–Crippen MR) is 181 cm³/mol. The van der Waals surface area contributed by atoms with E-state index in [1.807, 2.05) is 0 Å². The molecule has 0 spiro atoms.